The summed E-state index contributed by atoms with van der Waals surface area (Å²) in [4.78, 5) is 46.4. The highest BCUT2D eigenvalue weighted by molar-refractivity contribution is 8.00. The molecule has 2 heterocycles. The van der Waals surface area contributed by atoms with Crippen LogP contribution in [0.5, 0.6) is 5.75 Å². The summed E-state index contributed by atoms with van der Waals surface area (Å²) < 4.78 is 37.0. The number of carbonyl (C=O) groups excluding carboxylic acids is 2. The number of nitrogens with zero attached hydrogens (tertiary/aromatic N) is 1. The second kappa shape index (κ2) is 11.0. The van der Waals surface area contributed by atoms with Crippen LogP contribution in [0.4, 0.5) is 18.9 Å². The number of aliphatic carboxylic acids is 2. The molecule has 0 bridgehead atoms. The van der Waals surface area contributed by atoms with Crippen molar-refractivity contribution in [3.63, 3.8) is 0 Å². The Morgan fingerprint density at radius 1 is 1.14 bits per heavy atom. The van der Waals surface area contributed by atoms with Crippen molar-refractivity contribution in [2.75, 3.05) is 24.7 Å². The van der Waals surface area contributed by atoms with Crippen LogP contribution in [0.1, 0.15) is 6.92 Å². The van der Waals surface area contributed by atoms with E-state index in [1.54, 1.807) is 14.0 Å². The molecule has 2 aliphatic rings. The minimum atomic E-state index is -5.08. The number of anilines is 1. The summed E-state index contributed by atoms with van der Waals surface area (Å²) in [6.45, 7) is 1.71. The number of carboxylic acid groups (broad SMARTS) is 2. The molecule has 14 heteroatoms. The highest BCUT2D eigenvalue weighted by Crippen LogP contribution is 2.40. The van der Waals surface area contributed by atoms with Crippen molar-refractivity contribution in [3.05, 3.63) is 47.7 Å². The van der Waals surface area contributed by atoms with Crippen molar-refractivity contribution < 1.29 is 47.3 Å². The SMILES string of the molecule is COc1ccc2cc(NCC(=O)NC3C(=O)N4C(C(=O)O)=C(C)CS[C@@H]34)ccc2c1.O=C(O)C(F)(F)F. The number of β-lactam (4-membered cyclic amide) rings is 1. The van der Waals surface area contributed by atoms with Crippen molar-refractivity contribution in [2.45, 2.75) is 24.5 Å². The molecular weight excluding hydrogens is 519 g/mol. The molecule has 10 nitrogen and oxygen atoms in total. The fraction of sp³-hybridized carbons (Fsp3) is 0.304. The topological polar surface area (TPSA) is 145 Å². The number of nitrogens with one attached hydrogen (secondary N) is 2. The molecule has 0 saturated carbocycles. The zero-order valence-corrected chi connectivity index (χ0v) is 20.3. The predicted molar refractivity (Wildman–Crippen MR) is 128 cm³/mol. The third kappa shape index (κ3) is 6.25. The number of carboxylic acids is 2. The van der Waals surface area contributed by atoms with Crippen LogP contribution < -0.4 is 15.4 Å². The molecule has 4 rings (SSSR count). The Balaban J connectivity index is 0.000000479. The van der Waals surface area contributed by atoms with Crippen LogP contribution in [0.2, 0.25) is 0 Å². The number of amides is 2. The van der Waals surface area contributed by atoms with Crippen LogP contribution in [0.15, 0.2) is 47.7 Å². The molecule has 2 amide bonds. The first-order valence-electron chi connectivity index (χ1n) is 10.6. The number of fused-ring (bicyclic) bond motifs is 2. The third-order valence-electron chi connectivity index (χ3n) is 5.42. The number of hydrogen-bond donors (Lipinski definition) is 4. The number of alkyl halides is 3. The lowest BCUT2D eigenvalue weighted by atomic mass is 10.0. The Labute approximate surface area is 212 Å². The number of rotatable bonds is 6. The van der Waals surface area contributed by atoms with Gasteiger partial charge in [-0.25, -0.2) is 9.59 Å². The molecule has 2 atom stereocenters. The highest BCUT2D eigenvalue weighted by atomic mass is 32.2. The van der Waals surface area contributed by atoms with E-state index in [1.807, 2.05) is 36.4 Å². The maximum absolute atomic E-state index is 12.4. The van der Waals surface area contributed by atoms with Crippen LogP contribution in [0.25, 0.3) is 10.8 Å². The van der Waals surface area contributed by atoms with Crippen LogP contribution in [-0.2, 0) is 19.2 Å². The number of benzene rings is 2. The quantitative estimate of drug-likeness (QED) is 0.406. The van der Waals surface area contributed by atoms with Gasteiger partial charge in [0.2, 0.25) is 5.91 Å². The van der Waals surface area contributed by atoms with Crippen LogP contribution >= 0.6 is 11.8 Å². The zero-order chi connectivity index (χ0) is 27.5. The molecule has 0 aliphatic carbocycles. The summed E-state index contributed by atoms with van der Waals surface area (Å²) in [5.74, 6) is -3.30. The van der Waals surface area contributed by atoms with E-state index < -0.39 is 30.1 Å². The van der Waals surface area contributed by atoms with Crippen LogP contribution in [-0.4, -0.2) is 75.9 Å². The first-order valence-corrected chi connectivity index (χ1v) is 11.7. The maximum Gasteiger partial charge on any atom is 0.490 e. The largest absolute Gasteiger partial charge is 0.497 e. The summed E-state index contributed by atoms with van der Waals surface area (Å²) in [5.41, 5.74) is 1.46. The normalized spacial score (nSPS) is 18.7. The molecule has 1 fully saturated rings. The summed E-state index contributed by atoms with van der Waals surface area (Å²) in [6.07, 6.45) is -5.08. The van der Waals surface area contributed by atoms with E-state index in [2.05, 4.69) is 10.6 Å². The van der Waals surface area contributed by atoms with Gasteiger partial charge in [-0.1, -0.05) is 12.1 Å². The fourth-order valence-corrected chi connectivity index (χ4v) is 4.94. The Bertz CT molecular complexity index is 1280. The van der Waals surface area contributed by atoms with Gasteiger partial charge in [0, 0.05) is 11.4 Å². The number of halogens is 3. The van der Waals surface area contributed by atoms with E-state index in [0.29, 0.717) is 11.3 Å². The van der Waals surface area contributed by atoms with E-state index in [9.17, 15) is 32.7 Å². The third-order valence-corrected chi connectivity index (χ3v) is 6.85. The smallest absolute Gasteiger partial charge is 0.490 e. The van der Waals surface area contributed by atoms with Crippen LogP contribution in [0.3, 0.4) is 0 Å². The Morgan fingerprint density at radius 2 is 1.76 bits per heavy atom. The minimum Gasteiger partial charge on any atom is -0.497 e. The Hall–Kier alpha value is -3.94. The van der Waals surface area contributed by atoms with Crippen molar-refractivity contribution in [1.29, 1.82) is 0 Å². The zero-order valence-electron chi connectivity index (χ0n) is 19.5. The van der Waals surface area contributed by atoms with Gasteiger partial charge in [-0.3, -0.25) is 14.5 Å². The first-order chi connectivity index (χ1) is 17.3. The molecule has 0 aromatic heterocycles. The van der Waals surface area contributed by atoms with E-state index in [-0.39, 0.29) is 23.5 Å². The van der Waals surface area contributed by atoms with E-state index >= 15 is 0 Å². The van der Waals surface area contributed by atoms with Gasteiger partial charge in [-0.15, -0.1) is 11.8 Å². The second-order valence-electron chi connectivity index (χ2n) is 7.97. The molecule has 4 N–H and O–H groups in total. The van der Waals surface area contributed by atoms with Gasteiger partial charge >= 0.3 is 18.1 Å². The summed E-state index contributed by atoms with van der Waals surface area (Å²) >= 11 is 1.45. The molecule has 2 aliphatic heterocycles. The number of carbonyl (C=O) groups is 4. The van der Waals surface area contributed by atoms with Crippen molar-refractivity contribution >= 4 is 52.0 Å². The molecule has 198 valence electrons. The molecule has 2 aromatic carbocycles. The molecule has 0 spiro atoms. The van der Waals surface area contributed by atoms with Gasteiger partial charge in [-0.2, -0.15) is 13.2 Å². The molecule has 1 saturated heterocycles. The fourth-order valence-electron chi connectivity index (χ4n) is 3.64. The second-order valence-corrected chi connectivity index (χ2v) is 9.08. The summed E-state index contributed by atoms with van der Waals surface area (Å²) in [6, 6.07) is 10.8. The van der Waals surface area contributed by atoms with Gasteiger partial charge in [0.1, 0.15) is 22.9 Å². The van der Waals surface area contributed by atoms with Gasteiger partial charge in [-0.05, 0) is 47.5 Å². The van der Waals surface area contributed by atoms with Crippen molar-refractivity contribution in [2.24, 2.45) is 0 Å². The van der Waals surface area contributed by atoms with Gasteiger partial charge in [0.25, 0.3) is 5.91 Å². The molecule has 2 aromatic rings. The van der Waals surface area contributed by atoms with Gasteiger partial charge in [0.05, 0.1) is 13.7 Å². The first kappa shape index (κ1) is 27.6. The summed E-state index contributed by atoms with van der Waals surface area (Å²) in [7, 11) is 1.62. The van der Waals surface area contributed by atoms with E-state index in [4.69, 9.17) is 14.6 Å². The Kier molecular flexibility index (Phi) is 8.21. The molecular formula is C23H22F3N3O7S. The summed E-state index contributed by atoms with van der Waals surface area (Å²) in [5, 5.41) is 23.9. The predicted octanol–water partition coefficient (Wildman–Crippen LogP) is 2.65. The average molecular weight is 542 g/mol. The standard InChI is InChI=1S/C21H21N3O5S.C2HF3O2/c1-11-10-30-20-17(19(26)24(20)18(11)21(27)28)23-16(25)9-22-14-5-3-13-8-15(29-2)6-4-12(13)7-14;3-2(4,5)1(6)7/h3-8,17,20,22H,9-10H2,1-2H3,(H,23,25)(H,27,28);(H,6,7)/t17?,20-;/m0./s1. The lowest BCUT2D eigenvalue weighted by Crippen LogP contribution is -2.70. The van der Waals surface area contributed by atoms with E-state index in [0.717, 1.165) is 22.2 Å². The number of ether oxygens (including phenoxy) is 1. The molecule has 0 radical (unpaired) electrons. The monoisotopic (exact) mass is 541 g/mol. The number of methoxy groups -OCH3 is 1. The molecule has 37 heavy (non-hydrogen) atoms. The lowest BCUT2D eigenvalue weighted by Gasteiger charge is -2.49. The van der Waals surface area contributed by atoms with Crippen LogP contribution in [0, 0.1) is 0 Å². The Morgan fingerprint density at radius 3 is 2.35 bits per heavy atom. The average Bonchev–Trinajstić information content (AvgIpc) is 2.85. The van der Waals surface area contributed by atoms with Gasteiger partial charge < -0.3 is 25.6 Å². The molecule has 1 unspecified atom stereocenters. The number of hydrogen-bond acceptors (Lipinski definition) is 7. The maximum atomic E-state index is 12.4. The van der Waals surface area contributed by atoms with Crippen molar-refractivity contribution in [1.82, 2.24) is 10.2 Å². The minimum absolute atomic E-state index is 0.00346. The highest BCUT2D eigenvalue weighted by Gasteiger charge is 2.53. The van der Waals surface area contributed by atoms with Crippen molar-refractivity contribution in [3.8, 4) is 5.75 Å². The van der Waals surface area contributed by atoms with E-state index in [1.165, 1.54) is 16.7 Å². The number of thioether (sulfide) groups is 1. The lowest BCUT2D eigenvalue weighted by molar-refractivity contribution is -0.192. The van der Waals surface area contributed by atoms with Gasteiger partial charge in [0.15, 0.2) is 0 Å².